The normalized spacial score (nSPS) is 11.0. The van der Waals surface area contributed by atoms with E-state index in [-0.39, 0.29) is 163 Å². The summed E-state index contributed by atoms with van der Waals surface area (Å²) in [7, 11) is -10.2. The van der Waals surface area contributed by atoms with Crippen LogP contribution in [0.15, 0.2) is 164 Å². The first-order valence-electron chi connectivity index (χ1n) is 21.7. The fourth-order valence-electron chi connectivity index (χ4n) is 7.08. The molecule has 0 aliphatic rings. The fourth-order valence-corrected chi connectivity index (χ4v) is 8.42. The zero-order chi connectivity index (χ0) is 56.2. The quantitative estimate of drug-likeness (QED) is 0.0229. The van der Waals surface area contributed by atoms with E-state index in [4.69, 9.17) is 11.5 Å². The molecule has 0 aliphatic carbocycles. The van der Waals surface area contributed by atoms with Crippen molar-refractivity contribution in [3.8, 4) is 23.1 Å². The second-order valence-electron chi connectivity index (χ2n) is 16.0. The number of azo groups is 2. The third-order valence-corrected chi connectivity index (χ3v) is 12.4. The van der Waals surface area contributed by atoms with Crippen molar-refractivity contribution in [2.45, 2.75) is 9.79 Å². The molecule has 2 aromatic heterocycles. The molecule has 2 heterocycles. The number of rotatable bonds is 16. The molecule has 6 aromatic carbocycles. The molecule has 0 spiro atoms. The Morgan fingerprint density at radius 3 is 1.15 bits per heavy atom. The van der Waals surface area contributed by atoms with Crippen molar-refractivity contribution >= 4 is 225 Å². The van der Waals surface area contributed by atoms with Gasteiger partial charge in [0.25, 0.3) is 32.1 Å². The van der Waals surface area contributed by atoms with Gasteiger partial charge in [-0.15, -0.1) is 30.7 Å². The summed E-state index contributed by atoms with van der Waals surface area (Å²) in [6.45, 7) is 0. The maximum absolute atomic E-state index is 13.2. The molecule has 29 nitrogen and oxygen atoms in total. The number of aromatic hydroxyl groups is 2. The van der Waals surface area contributed by atoms with E-state index >= 15 is 0 Å². The Morgan fingerprint density at radius 2 is 0.829 bits per heavy atom. The minimum absolute atomic E-state index is 0. The second kappa shape index (κ2) is 28.4. The molecule has 8 rings (SSSR count). The van der Waals surface area contributed by atoms with Gasteiger partial charge >= 0.3 is 18.0 Å². The monoisotopic (exact) mass is 1190 g/mol. The molecule has 0 aliphatic heterocycles. The summed E-state index contributed by atoms with van der Waals surface area (Å²) >= 11 is 0. The number of anilines is 6. The van der Waals surface area contributed by atoms with Crippen molar-refractivity contribution in [2.24, 2.45) is 20.5 Å². The van der Waals surface area contributed by atoms with E-state index in [1.54, 1.807) is 24.3 Å². The smallest absolute Gasteiger partial charge is 0.345 e. The maximum Gasteiger partial charge on any atom is 0.345 e. The van der Waals surface area contributed by atoms with E-state index in [1.165, 1.54) is 72.8 Å². The predicted molar refractivity (Wildman–Crippen MR) is 299 cm³/mol. The Kier molecular flexibility index (Phi) is 23.4. The molecule has 400 valence electrons. The number of carbonyl (C=O) groups excluding carboxylic acids is 3. The number of hydrogen-bond donors (Lipinski definition) is 12. The van der Waals surface area contributed by atoms with E-state index in [0.717, 1.165) is 45.8 Å². The van der Waals surface area contributed by atoms with Crippen LogP contribution in [0.1, 0.15) is 41.4 Å². The van der Waals surface area contributed by atoms with E-state index in [0.29, 0.717) is 11.4 Å². The summed E-state index contributed by atoms with van der Waals surface area (Å²) in [5, 5.41) is 73.4. The maximum atomic E-state index is 13.2. The number of amides is 4. The zero-order valence-electron chi connectivity index (χ0n) is 43.1. The minimum atomic E-state index is -5.09. The van der Waals surface area contributed by atoms with E-state index in [9.17, 15) is 70.3 Å². The molecule has 0 atom stereocenters. The molecule has 0 unspecified atom stereocenters. The number of nitrogen functional groups attached to an aromatic ring is 2. The molecule has 0 saturated heterocycles. The second-order valence-corrected chi connectivity index (χ2v) is 18.8. The molecule has 8 aromatic rings. The first kappa shape index (κ1) is 67.6. The fraction of sp³-hybridized carbons (Fsp3) is 0. The SMILES string of the molecule is Nc1cccc(-n2nc(N=Nc3ccc(C(=O)Nc4ccc(NC(=O)Nc5ccc(NC(=O)c6ccc(N=Nc7nn(-c8cccc(N)c8)c(O)c7C(=O)O)cc6)c(S(=O)(=O)O)c5)cc4S(=O)(=O)O)cc3)c(C(=O)O)c2O)c1.[Na].[Na].[Na].[Na]. The van der Waals surface area contributed by atoms with Crippen molar-refractivity contribution in [3.63, 3.8) is 0 Å². The number of urea groups is 1. The Morgan fingerprint density at radius 1 is 0.476 bits per heavy atom. The van der Waals surface area contributed by atoms with E-state index in [1.807, 2.05) is 0 Å². The van der Waals surface area contributed by atoms with Crippen LogP contribution in [0.2, 0.25) is 0 Å². The third kappa shape index (κ3) is 16.2. The average Bonchev–Trinajstić information content (AvgIpc) is 4.15. The molecule has 82 heavy (non-hydrogen) atoms. The van der Waals surface area contributed by atoms with Gasteiger partial charge in [0, 0.05) is 152 Å². The third-order valence-electron chi connectivity index (χ3n) is 10.7. The number of hydrogen-bond acceptors (Lipinski definition) is 19. The Hall–Kier alpha value is -6.89. The topological polar surface area (TPSA) is 460 Å². The molecule has 0 saturated carbocycles. The molecule has 35 heteroatoms. The van der Waals surface area contributed by atoms with Crippen LogP contribution in [0, 0.1) is 0 Å². The Balaban J connectivity index is 0.00000361. The summed E-state index contributed by atoms with van der Waals surface area (Å²) in [6.07, 6.45) is 0. The zero-order valence-corrected chi connectivity index (χ0v) is 52.7. The van der Waals surface area contributed by atoms with Crippen LogP contribution in [0.5, 0.6) is 11.8 Å². The van der Waals surface area contributed by atoms with Gasteiger partial charge in [-0.3, -0.25) is 18.7 Å². The van der Waals surface area contributed by atoms with Gasteiger partial charge in [-0.05, 0) is 121 Å². The van der Waals surface area contributed by atoms with Gasteiger partial charge in [-0.1, -0.05) is 12.1 Å². The first-order valence-corrected chi connectivity index (χ1v) is 24.6. The van der Waals surface area contributed by atoms with Crippen LogP contribution in [0.3, 0.4) is 0 Å². The van der Waals surface area contributed by atoms with Gasteiger partial charge in [-0.25, -0.2) is 14.4 Å². The number of aromatic nitrogens is 4. The number of nitrogens with one attached hydrogen (secondary N) is 4. The van der Waals surface area contributed by atoms with Crippen molar-refractivity contribution in [1.29, 1.82) is 0 Å². The van der Waals surface area contributed by atoms with Crippen LogP contribution in [0.25, 0.3) is 11.4 Å². The van der Waals surface area contributed by atoms with Crippen LogP contribution in [-0.2, 0) is 20.2 Å². The van der Waals surface area contributed by atoms with Crippen molar-refractivity contribution < 1.29 is 70.3 Å². The summed E-state index contributed by atoms with van der Waals surface area (Å²) in [5.74, 6) is -7.29. The van der Waals surface area contributed by atoms with Gasteiger partial charge in [0.05, 0.1) is 34.1 Å². The number of carbonyl (C=O) groups is 5. The summed E-state index contributed by atoms with van der Waals surface area (Å²) in [4.78, 5) is 61.6. The number of benzene rings is 6. The minimum Gasteiger partial charge on any atom is -0.493 e. The van der Waals surface area contributed by atoms with Gasteiger partial charge in [0.1, 0.15) is 9.79 Å². The van der Waals surface area contributed by atoms with Gasteiger partial charge in [0.2, 0.25) is 23.4 Å². The summed E-state index contributed by atoms with van der Waals surface area (Å²) in [5.41, 5.74) is 10.0. The molecule has 0 bridgehead atoms. The standard InChI is InChI=1S/C47H36N14O15S2.4Na/c48-25-3-1-5-31(19-25)60-43(64)37(45(66)67)39(58-60)56-54-27-11-7-23(8-12-27)41(62)52-33-17-15-29(21-35(33)77(71,72)73)50-47(70)51-30-16-18-34(36(22-30)78(74,75)76)53-42(63)24-9-13-28(14-10-24)55-57-40-38(46(68)69)44(65)61(59-40)32-6-2-4-26(49)20-32;;;;/h1-22,64-65H,48-49H2,(H,52,62)(H,53,63)(H,66,67)(H,68,69)(H2,50,51,70)(H,71,72,73)(H,74,75,76);;;;. The number of nitrogens with zero attached hydrogens (tertiary/aromatic N) is 8. The summed E-state index contributed by atoms with van der Waals surface area (Å²) in [6, 6.07) is 27.2. The number of aromatic carboxylic acids is 2. The van der Waals surface area contributed by atoms with Crippen LogP contribution < -0.4 is 32.7 Å². The van der Waals surface area contributed by atoms with Crippen molar-refractivity contribution in [1.82, 2.24) is 19.6 Å². The van der Waals surface area contributed by atoms with E-state index in [2.05, 4.69) is 51.9 Å². The average molecular weight is 1190 g/mol. The number of carboxylic acids is 2. The van der Waals surface area contributed by atoms with Gasteiger partial charge < -0.3 is 53.2 Å². The van der Waals surface area contributed by atoms with Crippen molar-refractivity contribution in [3.05, 3.63) is 156 Å². The summed E-state index contributed by atoms with van der Waals surface area (Å²) < 4.78 is 71.8. The number of nitrogens with two attached hydrogens (primary N) is 2. The number of carboxylic acid groups (broad SMARTS) is 2. The molecule has 4 amide bonds. The molecule has 4 radical (unpaired) electrons. The van der Waals surface area contributed by atoms with Gasteiger partial charge in [-0.2, -0.15) is 26.2 Å². The molecular weight excluding hydrogens is 1160 g/mol. The van der Waals surface area contributed by atoms with E-state index < -0.39 is 106 Å². The molecular formula is C47H36N14Na4O15S2. The molecule has 0 fully saturated rings. The Labute approximate surface area is 551 Å². The van der Waals surface area contributed by atoms with Gasteiger partial charge in [0.15, 0.2) is 11.1 Å². The molecule has 14 N–H and O–H groups in total. The first-order chi connectivity index (χ1) is 36.9. The van der Waals surface area contributed by atoms with Crippen LogP contribution >= 0.6 is 0 Å². The van der Waals surface area contributed by atoms with Crippen LogP contribution in [0.4, 0.5) is 61.9 Å². The Bertz CT molecular complexity index is 3820. The van der Waals surface area contributed by atoms with Crippen LogP contribution in [-0.4, -0.2) is 214 Å². The largest absolute Gasteiger partial charge is 0.493 e. The predicted octanol–water partition coefficient (Wildman–Crippen LogP) is 5.98. The van der Waals surface area contributed by atoms with Crippen molar-refractivity contribution in [2.75, 3.05) is 32.7 Å².